The summed E-state index contributed by atoms with van der Waals surface area (Å²) in [5, 5.41) is 3.30. The predicted octanol–water partition coefficient (Wildman–Crippen LogP) is 6.57. The van der Waals surface area contributed by atoms with E-state index in [1.165, 1.54) is 0 Å². The van der Waals surface area contributed by atoms with Crippen LogP contribution in [-0.4, -0.2) is 58.3 Å². The number of halogens is 4. The van der Waals surface area contributed by atoms with Crippen LogP contribution >= 0.6 is 15.9 Å². The van der Waals surface area contributed by atoms with Crippen molar-refractivity contribution in [3.05, 3.63) is 82.5 Å². The fourth-order valence-electron chi connectivity index (χ4n) is 5.14. The lowest BCUT2D eigenvalue weighted by Gasteiger charge is -2.39. The Labute approximate surface area is 248 Å². The first-order chi connectivity index (χ1) is 20.2. The number of nitrogens with one attached hydrogen (secondary N) is 1. The second-order valence-electron chi connectivity index (χ2n) is 9.81. The first kappa shape index (κ1) is 29.5. The molecule has 13 heteroatoms. The van der Waals surface area contributed by atoms with E-state index in [1.54, 1.807) is 67.4 Å². The standard InChI is InChI=1S/C29H29BrF3N5O4/c1-40-21-10-8-19(22(14-21)41-2)15-35-26-24-25(30)36-27(37(24)13-12-34-26)20-9-11-23(29(31,32)33)38(16-20)28(39)42-17-18-6-4-3-5-7-18/h3-8,10,12-14,20,23H,9,11,15-17H2,1-2H3,(H,34,35)/t20-,23+/m0/s1. The summed E-state index contributed by atoms with van der Waals surface area (Å²) in [5.41, 5.74) is 2.18. The van der Waals surface area contributed by atoms with E-state index >= 15 is 0 Å². The summed E-state index contributed by atoms with van der Waals surface area (Å²) in [6, 6.07) is 12.4. The second kappa shape index (κ2) is 12.5. The molecule has 1 aliphatic rings. The fraction of sp³-hybridized carbons (Fsp3) is 0.345. The average Bonchev–Trinajstić information content (AvgIpc) is 3.35. The van der Waals surface area contributed by atoms with Crippen LogP contribution in [0.4, 0.5) is 23.8 Å². The van der Waals surface area contributed by atoms with Gasteiger partial charge < -0.3 is 19.5 Å². The maximum Gasteiger partial charge on any atom is 0.410 e. The van der Waals surface area contributed by atoms with E-state index < -0.39 is 24.2 Å². The molecular formula is C29H29BrF3N5O4. The van der Waals surface area contributed by atoms with E-state index in [2.05, 4.69) is 31.2 Å². The van der Waals surface area contributed by atoms with Crippen LogP contribution in [0.1, 0.15) is 35.7 Å². The number of imidazole rings is 1. The Morgan fingerprint density at radius 2 is 1.90 bits per heavy atom. The smallest absolute Gasteiger partial charge is 0.410 e. The third-order valence-electron chi connectivity index (χ3n) is 7.24. The molecule has 2 aromatic heterocycles. The van der Waals surface area contributed by atoms with Crippen LogP contribution in [0.15, 0.2) is 65.5 Å². The topological polar surface area (TPSA) is 90.2 Å². The summed E-state index contributed by atoms with van der Waals surface area (Å²) in [7, 11) is 3.15. The summed E-state index contributed by atoms with van der Waals surface area (Å²) < 4.78 is 60.2. The monoisotopic (exact) mass is 647 g/mol. The number of alkyl halides is 3. The van der Waals surface area contributed by atoms with Crippen molar-refractivity contribution in [3.63, 3.8) is 0 Å². The minimum atomic E-state index is -4.59. The van der Waals surface area contributed by atoms with Gasteiger partial charge in [-0.15, -0.1) is 0 Å². The third-order valence-corrected chi connectivity index (χ3v) is 7.80. The second-order valence-corrected chi connectivity index (χ2v) is 10.6. The number of ether oxygens (including phenoxy) is 3. The molecule has 0 bridgehead atoms. The van der Waals surface area contributed by atoms with Gasteiger partial charge in [0, 0.05) is 43.0 Å². The number of piperidine rings is 1. The molecule has 0 saturated carbocycles. The lowest BCUT2D eigenvalue weighted by Crippen LogP contribution is -2.53. The molecule has 1 amide bonds. The van der Waals surface area contributed by atoms with Gasteiger partial charge in [-0.25, -0.2) is 14.8 Å². The van der Waals surface area contributed by atoms with Gasteiger partial charge in [0.15, 0.2) is 5.82 Å². The van der Waals surface area contributed by atoms with E-state index in [-0.39, 0.29) is 26.0 Å². The van der Waals surface area contributed by atoms with Gasteiger partial charge in [0.1, 0.15) is 40.1 Å². The number of carbonyl (C=O) groups excluding carboxylic acids is 1. The first-order valence-corrected chi connectivity index (χ1v) is 14.0. The van der Waals surface area contributed by atoms with E-state index in [0.29, 0.717) is 45.4 Å². The number of anilines is 1. The molecule has 2 aromatic carbocycles. The normalized spacial score (nSPS) is 17.2. The van der Waals surface area contributed by atoms with Crippen molar-refractivity contribution in [2.45, 2.75) is 44.1 Å². The highest BCUT2D eigenvalue weighted by Crippen LogP contribution is 2.39. The molecule has 1 saturated heterocycles. The predicted molar refractivity (Wildman–Crippen MR) is 153 cm³/mol. The van der Waals surface area contributed by atoms with Crippen LogP contribution in [0.25, 0.3) is 5.52 Å². The van der Waals surface area contributed by atoms with Crippen molar-refractivity contribution >= 4 is 33.4 Å². The Hall–Kier alpha value is -4.00. The Morgan fingerprint density at radius 1 is 1.12 bits per heavy atom. The molecule has 1 fully saturated rings. The molecule has 222 valence electrons. The highest BCUT2D eigenvalue weighted by molar-refractivity contribution is 9.10. The minimum absolute atomic E-state index is 0.122. The molecule has 9 nitrogen and oxygen atoms in total. The van der Waals surface area contributed by atoms with Crippen LogP contribution in [-0.2, 0) is 17.9 Å². The van der Waals surface area contributed by atoms with Gasteiger partial charge in [-0.3, -0.25) is 9.30 Å². The number of rotatable bonds is 8. The molecule has 0 aliphatic carbocycles. The number of likely N-dealkylation sites (tertiary alicyclic amines) is 1. The molecule has 0 radical (unpaired) electrons. The molecule has 1 aliphatic heterocycles. The molecule has 4 aromatic rings. The lowest BCUT2D eigenvalue weighted by molar-refractivity contribution is -0.187. The number of nitrogens with zero attached hydrogens (tertiary/aromatic N) is 4. The molecule has 42 heavy (non-hydrogen) atoms. The van der Waals surface area contributed by atoms with Crippen LogP contribution in [0.3, 0.4) is 0 Å². The van der Waals surface area contributed by atoms with Crippen molar-refractivity contribution in [3.8, 4) is 11.5 Å². The summed E-state index contributed by atoms with van der Waals surface area (Å²) in [4.78, 5) is 22.9. The van der Waals surface area contributed by atoms with Gasteiger partial charge in [-0.05, 0) is 46.5 Å². The highest BCUT2D eigenvalue weighted by atomic mass is 79.9. The number of hydrogen-bond acceptors (Lipinski definition) is 7. The quantitative estimate of drug-likeness (QED) is 0.231. The molecule has 1 N–H and O–H groups in total. The van der Waals surface area contributed by atoms with Crippen LogP contribution in [0.2, 0.25) is 0 Å². The highest BCUT2D eigenvalue weighted by Gasteiger charge is 2.49. The largest absolute Gasteiger partial charge is 0.497 e. The van der Waals surface area contributed by atoms with Gasteiger partial charge in [-0.2, -0.15) is 13.2 Å². The van der Waals surface area contributed by atoms with E-state index in [0.717, 1.165) is 10.5 Å². The van der Waals surface area contributed by atoms with E-state index in [1.807, 2.05) is 12.1 Å². The maximum atomic E-state index is 14.0. The van der Waals surface area contributed by atoms with E-state index in [9.17, 15) is 18.0 Å². The van der Waals surface area contributed by atoms with Gasteiger partial charge >= 0.3 is 12.3 Å². The number of fused-ring (bicyclic) bond motifs is 1. The average molecular weight is 648 g/mol. The number of carbonyl (C=O) groups is 1. The Bertz CT molecular complexity index is 1550. The maximum absolute atomic E-state index is 14.0. The molecule has 0 spiro atoms. The molecule has 5 rings (SSSR count). The minimum Gasteiger partial charge on any atom is -0.497 e. The van der Waals surface area contributed by atoms with Crippen LogP contribution in [0, 0.1) is 0 Å². The number of hydrogen-bond donors (Lipinski definition) is 1. The summed E-state index contributed by atoms with van der Waals surface area (Å²) >= 11 is 3.51. The third kappa shape index (κ3) is 6.25. The van der Waals surface area contributed by atoms with Crippen LogP contribution < -0.4 is 14.8 Å². The molecule has 2 atom stereocenters. The van der Waals surface area contributed by atoms with Gasteiger partial charge in [-0.1, -0.05) is 30.3 Å². The van der Waals surface area contributed by atoms with Crippen molar-refractivity contribution < 1.29 is 32.2 Å². The van der Waals surface area contributed by atoms with Crippen molar-refractivity contribution in [2.24, 2.45) is 0 Å². The van der Waals surface area contributed by atoms with Crippen molar-refractivity contribution in [1.82, 2.24) is 19.3 Å². The van der Waals surface area contributed by atoms with Crippen LogP contribution in [0.5, 0.6) is 11.5 Å². The Morgan fingerprint density at radius 3 is 2.62 bits per heavy atom. The first-order valence-electron chi connectivity index (χ1n) is 13.2. The number of amides is 1. The Balaban J connectivity index is 1.38. The van der Waals surface area contributed by atoms with Gasteiger partial charge in [0.25, 0.3) is 0 Å². The van der Waals surface area contributed by atoms with Crippen molar-refractivity contribution in [1.29, 1.82) is 0 Å². The number of methoxy groups -OCH3 is 2. The molecule has 3 heterocycles. The lowest BCUT2D eigenvalue weighted by atomic mass is 9.92. The van der Waals surface area contributed by atoms with Gasteiger partial charge in [0.2, 0.25) is 0 Å². The van der Waals surface area contributed by atoms with E-state index in [4.69, 9.17) is 14.2 Å². The summed E-state index contributed by atoms with van der Waals surface area (Å²) in [6.07, 6.45) is -2.39. The van der Waals surface area contributed by atoms with Gasteiger partial charge in [0.05, 0.1) is 14.2 Å². The fourth-order valence-corrected chi connectivity index (χ4v) is 5.70. The zero-order valence-corrected chi connectivity index (χ0v) is 24.5. The Kier molecular flexibility index (Phi) is 8.76. The summed E-state index contributed by atoms with van der Waals surface area (Å²) in [6.45, 7) is 0.0605. The molecular weight excluding hydrogens is 619 g/mol. The zero-order valence-electron chi connectivity index (χ0n) is 22.9. The number of aromatic nitrogens is 3. The van der Waals surface area contributed by atoms with Crippen molar-refractivity contribution in [2.75, 3.05) is 26.1 Å². The summed E-state index contributed by atoms with van der Waals surface area (Å²) in [5.74, 6) is 1.87. The number of benzene rings is 2. The molecule has 0 unspecified atom stereocenters. The SMILES string of the molecule is COc1ccc(CNc2nccn3c([C@H]4CC[C@H](C(F)(F)F)N(C(=O)OCc5ccccc5)C4)nc(Br)c23)c(OC)c1. The zero-order chi connectivity index (χ0) is 29.9.